The van der Waals surface area contributed by atoms with Crippen molar-refractivity contribution in [2.75, 3.05) is 39.3 Å². The zero-order chi connectivity index (χ0) is 17.0. The monoisotopic (exact) mass is 336 g/mol. The van der Waals surface area contributed by atoms with Gasteiger partial charge in [0.2, 0.25) is 0 Å². The second-order valence-corrected chi connectivity index (χ2v) is 8.22. The Morgan fingerprint density at radius 1 is 1.17 bits per heavy atom. The molecule has 0 spiro atoms. The first kappa shape index (κ1) is 18.0. The van der Waals surface area contributed by atoms with Crippen LogP contribution in [0.25, 0.3) is 0 Å². The summed E-state index contributed by atoms with van der Waals surface area (Å²) in [6.45, 7) is 10.7. The maximum atomic E-state index is 10.4. The molecule has 0 radical (unpaired) electrons. The second kappa shape index (κ2) is 8.05. The van der Waals surface area contributed by atoms with Gasteiger partial charge in [-0.2, -0.15) is 0 Å². The summed E-state index contributed by atoms with van der Waals surface area (Å²) in [7, 11) is 0. The topological polar surface area (TPSA) is 51.1 Å². The molecule has 0 aromatic rings. The summed E-state index contributed by atoms with van der Waals surface area (Å²) in [5.74, 6) is 1.05. The Bertz CT molecular complexity index is 435. The number of rotatable bonds is 4. The fourth-order valence-electron chi connectivity index (χ4n) is 4.59. The van der Waals surface area contributed by atoms with Crippen molar-refractivity contribution in [3.05, 3.63) is 0 Å². The summed E-state index contributed by atoms with van der Waals surface area (Å²) in [6, 6.07) is 0.701. The first-order valence-corrected chi connectivity index (χ1v) is 10.1. The molecule has 0 bridgehead atoms. The van der Waals surface area contributed by atoms with Crippen molar-refractivity contribution >= 4 is 5.96 Å². The number of hydrogen-bond donors (Lipinski definition) is 2. The molecule has 1 aliphatic carbocycles. The molecule has 0 aromatic carbocycles. The smallest absolute Gasteiger partial charge is 0.193 e. The van der Waals surface area contributed by atoms with E-state index in [0.29, 0.717) is 6.04 Å². The number of nitrogens with zero attached hydrogens (tertiary/aromatic N) is 3. The average Bonchev–Trinajstić information content (AvgIpc) is 3.25. The summed E-state index contributed by atoms with van der Waals surface area (Å²) in [4.78, 5) is 10.1. The number of likely N-dealkylation sites (tertiary alicyclic amines) is 2. The molecule has 2 saturated heterocycles. The molecule has 2 N–H and O–H groups in total. The fourth-order valence-corrected chi connectivity index (χ4v) is 4.59. The maximum absolute atomic E-state index is 10.4. The van der Waals surface area contributed by atoms with Gasteiger partial charge in [0.15, 0.2) is 5.96 Å². The SMILES string of the molecule is CCNC(=NCC1(C)CCCCC1O)N1CCC(N2CCCC2)C1. The third kappa shape index (κ3) is 4.05. The van der Waals surface area contributed by atoms with Crippen LogP contribution in [-0.2, 0) is 0 Å². The zero-order valence-electron chi connectivity index (χ0n) is 15.6. The largest absolute Gasteiger partial charge is 0.392 e. The number of aliphatic hydroxyl groups is 1. The Hall–Kier alpha value is -0.810. The minimum atomic E-state index is -0.200. The van der Waals surface area contributed by atoms with Crippen LogP contribution >= 0.6 is 0 Å². The van der Waals surface area contributed by atoms with Crippen molar-refractivity contribution < 1.29 is 5.11 Å². The molecule has 5 nitrogen and oxygen atoms in total. The molecule has 0 aromatic heterocycles. The van der Waals surface area contributed by atoms with Gasteiger partial charge in [0, 0.05) is 31.1 Å². The summed E-state index contributed by atoms with van der Waals surface area (Å²) in [6.07, 6.45) is 8.18. The molecular weight excluding hydrogens is 300 g/mol. The van der Waals surface area contributed by atoms with Crippen molar-refractivity contribution in [2.45, 2.75) is 70.9 Å². The van der Waals surface area contributed by atoms with Gasteiger partial charge in [0.05, 0.1) is 12.6 Å². The van der Waals surface area contributed by atoms with Gasteiger partial charge in [-0.25, -0.2) is 0 Å². The van der Waals surface area contributed by atoms with Crippen LogP contribution in [0, 0.1) is 5.41 Å². The zero-order valence-corrected chi connectivity index (χ0v) is 15.6. The van der Waals surface area contributed by atoms with Crippen LogP contribution in [0.15, 0.2) is 4.99 Å². The molecule has 3 atom stereocenters. The summed E-state index contributed by atoms with van der Waals surface area (Å²) < 4.78 is 0. The number of hydrogen-bond acceptors (Lipinski definition) is 3. The molecule has 138 valence electrons. The molecule has 2 aliphatic heterocycles. The Morgan fingerprint density at radius 2 is 1.96 bits per heavy atom. The Labute approximate surface area is 147 Å². The lowest BCUT2D eigenvalue weighted by atomic mass is 9.73. The van der Waals surface area contributed by atoms with Gasteiger partial charge in [0.1, 0.15) is 0 Å². The van der Waals surface area contributed by atoms with Crippen LogP contribution in [0.1, 0.15) is 58.8 Å². The van der Waals surface area contributed by atoms with Crippen LogP contribution in [0.5, 0.6) is 0 Å². The van der Waals surface area contributed by atoms with Crippen molar-refractivity contribution in [3.8, 4) is 0 Å². The first-order valence-electron chi connectivity index (χ1n) is 10.1. The molecule has 2 heterocycles. The van der Waals surface area contributed by atoms with E-state index >= 15 is 0 Å². The average molecular weight is 337 g/mol. The van der Waals surface area contributed by atoms with Gasteiger partial charge < -0.3 is 15.3 Å². The Balaban J connectivity index is 1.61. The highest BCUT2D eigenvalue weighted by Crippen LogP contribution is 2.36. The van der Waals surface area contributed by atoms with Crippen LogP contribution in [0.3, 0.4) is 0 Å². The van der Waals surface area contributed by atoms with E-state index in [-0.39, 0.29) is 11.5 Å². The quantitative estimate of drug-likeness (QED) is 0.609. The summed E-state index contributed by atoms with van der Waals surface area (Å²) >= 11 is 0. The van der Waals surface area contributed by atoms with Crippen molar-refractivity contribution in [1.29, 1.82) is 0 Å². The fraction of sp³-hybridized carbons (Fsp3) is 0.947. The number of aliphatic imine (C=N–C) groups is 1. The molecule has 3 rings (SSSR count). The standard InChI is InChI=1S/C19H36N4O/c1-3-20-18(21-15-19(2)10-5-4-8-17(19)24)23-13-9-16(14-23)22-11-6-7-12-22/h16-17,24H,3-15H2,1-2H3,(H,20,21). The lowest BCUT2D eigenvalue weighted by molar-refractivity contribution is 0.00705. The molecule has 5 heteroatoms. The van der Waals surface area contributed by atoms with Gasteiger partial charge in [-0.05, 0) is 52.1 Å². The number of aliphatic hydroxyl groups excluding tert-OH is 1. The van der Waals surface area contributed by atoms with Gasteiger partial charge in [-0.1, -0.05) is 19.8 Å². The predicted octanol–water partition coefficient (Wildman–Crippen LogP) is 2.06. The summed E-state index contributed by atoms with van der Waals surface area (Å²) in [5.41, 5.74) is -0.0486. The predicted molar refractivity (Wildman–Crippen MR) is 99.3 cm³/mol. The maximum Gasteiger partial charge on any atom is 0.193 e. The van der Waals surface area contributed by atoms with E-state index in [4.69, 9.17) is 4.99 Å². The van der Waals surface area contributed by atoms with E-state index in [2.05, 4.69) is 29.0 Å². The third-order valence-corrected chi connectivity index (χ3v) is 6.32. The van der Waals surface area contributed by atoms with E-state index in [1.165, 1.54) is 38.8 Å². The van der Waals surface area contributed by atoms with Gasteiger partial charge in [-0.3, -0.25) is 9.89 Å². The minimum Gasteiger partial charge on any atom is -0.392 e. The molecule has 1 saturated carbocycles. The second-order valence-electron chi connectivity index (χ2n) is 8.22. The number of nitrogens with one attached hydrogen (secondary N) is 1. The number of guanidine groups is 1. The van der Waals surface area contributed by atoms with E-state index in [1.807, 2.05) is 0 Å². The highest BCUT2D eigenvalue weighted by atomic mass is 16.3. The molecule has 3 unspecified atom stereocenters. The van der Waals surface area contributed by atoms with Crippen LogP contribution in [0.2, 0.25) is 0 Å². The van der Waals surface area contributed by atoms with Crippen molar-refractivity contribution in [3.63, 3.8) is 0 Å². The third-order valence-electron chi connectivity index (χ3n) is 6.32. The van der Waals surface area contributed by atoms with Crippen LogP contribution in [0.4, 0.5) is 0 Å². The molecule has 24 heavy (non-hydrogen) atoms. The molecule has 3 aliphatic rings. The van der Waals surface area contributed by atoms with Gasteiger partial charge in [-0.15, -0.1) is 0 Å². The van der Waals surface area contributed by atoms with Gasteiger partial charge >= 0.3 is 0 Å². The first-order chi connectivity index (χ1) is 11.6. The van der Waals surface area contributed by atoms with E-state index in [9.17, 15) is 5.11 Å². The lowest BCUT2D eigenvalue weighted by Gasteiger charge is -2.37. The molecule has 3 fully saturated rings. The molecular formula is C19H36N4O. The summed E-state index contributed by atoms with van der Waals surface area (Å²) in [5, 5.41) is 13.9. The minimum absolute atomic E-state index is 0.0486. The van der Waals surface area contributed by atoms with Crippen molar-refractivity contribution in [2.24, 2.45) is 10.4 Å². The Morgan fingerprint density at radius 3 is 2.67 bits per heavy atom. The highest BCUT2D eigenvalue weighted by Gasteiger charge is 2.36. The highest BCUT2D eigenvalue weighted by molar-refractivity contribution is 5.80. The van der Waals surface area contributed by atoms with E-state index in [1.54, 1.807) is 0 Å². The van der Waals surface area contributed by atoms with Gasteiger partial charge in [0.25, 0.3) is 0 Å². The van der Waals surface area contributed by atoms with Crippen molar-refractivity contribution in [1.82, 2.24) is 15.1 Å². The molecule has 0 amide bonds. The van der Waals surface area contributed by atoms with Crippen LogP contribution in [-0.4, -0.2) is 72.3 Å². The van der Waals surface area contributed by atoms with Crippen LogP contribution < -0.4 is 5.32 Å². The van der Waals surface area contributed by atoms with E-state index < -0.39 is 0 Å². The lowest BCUT2D eigenvalue weighted by Crippen LogP contribution is -2.44. The Kier molecular flexibility index (Phi) is 6.03. The van der Waals surface area contributed by atoms with E-state index in [0.717, 1.165) is 51.4 Å². The normalized spacial score (nSPS) is 35.6.